The molecule has 0 radical (unpaired) electrons. The lowest BCUT2D eigenvalue weighted by atomic mass is 9.98. The molecule has 2 aliphatic carbocycles. The molecule has 2 heteroatoms. The highest BCUT2D eigenvalue weighted by atomic mass is 16.3. The van der Waals surface area contributed by atoms with Gasteiger partial charge < -0.3 is 10.2 Å². The quantitative estimate of drug-likeness (QED) is 0.670. The molecule has 2 fully saturated rings. The zero-order chi connectivity index (χ0) is 8.60. The highest BCUT2D eigenvalue weighted by Crippen LogP contribution is 2.64. The summed E-state index contributed by atoms with van der Waals surface area (Å²) in [5, 5.41) is 18.3. The van der Waals surface area contributed by atoms with Crippen molar-refractivity contribution in [3.8, 4) is 0 Å². The van der Waals surface area contributed by atoms with E-state index in [0.717, 1.165) is 0 Å². The molecular formula is C10H18O2. The molecule has 2 atom stereocenters. The molecule has 2 aliphatic rings. The minimum atomic E-state index is -0.229. The van der Waals surface area contributed by atoms with Gasteiger partial charge in [-0.25, -0.2) is 0 Å². The van der Waals surface area contributed by atoms with Gasteiger partial charge >= 0.3 is 0 Å². The standard InChI is InChI=1S/C10H18O2/c11-6-3-9(12)8-7-10(8)4-1-2-5-10/h8-9,11-12H,1-7H2. The van der Waals surface area contributed by atoms with Gasteiger partial charge in [0.2, 0.25) is 0 Å². The molecule has 2 nitrogen and oxygen atoms in total. The number of aliphatic hydroxyl groups excluding tert-OH is 2. The van der Waals surface area contributed by atoms with Crippen molar-refractivity contribution in [3.63, 3.8) is 0 Å². The Morgan fingerprint density at radius 1 is 1.33 bits per heavy atom. The molecule has 0 aliphatic heterocycles. The average molecular weight is 170 g/mol. The van der Waals surface area contributed by atoms with Crippen LogP contribution in [0, 0.1) is 11.3 Å². The SMILES string of the molecule is OCCC(O)C1CC12CCCC2. The Labute approximate surface area is 73.6 Å². The summed E-state index contributed by atoms with van der Waals surface area (Å²) >= 11 is 0. The van der Waals surface area contributed by atoms with Crippen LogP contribution in [0.4, 0.5) is 0 Å². The first-order valence-electron chi connectivity index (χ1n) is 5.07. The molecule has 0 aromatic heterocycles. The van der Waals surface area contributed by atoms with Crippen molar-refractivity contribution in [1.29, 1.82) is 0 Å². The second-order valence-electron chi connectivity index (χ2n) is 4.46. The Kier molecular flexibility index (Phi) is 2.13. The van der Waals surface area contributed by atoms with Crippen LogP contribution in [0.25, 0.3) is 0 Å². The van der Waals surface area contributed by atoms with Gasteiger partial charge in [-0.15, -0.1) is 0 Å². The van der Waals surface area contributed by atoms with E-state index < -0.39 is 0 Å². The second kappa shape index (κ2) is 3.00. The van der Waals surface area contributed by atoms with Crippen LogP contribution in [0.15, 0.2) is 0 Å². The van der Waals surface area contributed by atoms with Crippen molar-refractivity contribution in [1.82, 2.24) is 0 Å². The Morgan fingerprint density at radius 3 is 2.58 bits per heavy atom. The van der Waals surface area contributed by atoms with E-state index >= 15 is 0 Å². The summed E-state index contributed by atoms with van der Waals surface area (Å²) < 4.78 is 0. The number of aliphatic hydroxyl groups is 2. The summed E-state index contributed by atoms with van der Waals surface area (Å²) in [5.41, 5.74) is 0.522. The predicted molar refractivity (Wildman–Crippen MR) is 46.7 cm³/mol. The summed E-state index contributed by atoms with van der Waals surface area (Å²) in [4.78, 5) is 0. The fourth-order valence-electron chi connectivity index (χ4n) is 2.91. The van der Waals surface area contributed by atoms with Crippen molar-refractivity contribution in [2.24, 2.45) is 11.3 Å². The largest absolute Gasteiger partial charge is 0.396 e. The van der Waals surface area contributed by atoms with Gasteiger partial charge in [-0.05, 0) is 37.0 Å². The van der Waals surface area contributed by atoms with Gasteiger partial charge in [-0.3, -0.25) is 0 Å². The molecule has 0 saturated heterocycles. The van der Waals surface area contributed by atoms with E-state index in [2.05, 4.69) is 0 Å². The third-order valence-corrected chi connectivity index (χ3v) is 3.74. The maximum Gasteiger partial charge on any atom is 0.0595 e. The highest BCUT2D eigenvalue weighted by Gasteiger charge is 2.57. The van der Waals surface area contributed by atoms with E-state index in [1.54, 1.807) is 0 Å². The molecule has 2 N–H and O–H groups in total. The average Bonchev–Trinajstić information content (AvgIpc) is 2.51. The molecule has 1 spiro atoms. The van der Waals surface area contributed by atoms with Crippen LogP contribution < -0.4 is 0 Å². The molecule has 2 unspecified atom stereocenters. The molecule has 0 aromatic carbocycles. The zero-order valence-corrected chi connectivity index (χ0v) is 7.50. The van der Waals surface area contributed by atoms with Gasteiger partial charge in [-0.2, -0.15) is 0 Å². The van der Waals surface area contributed by atoms with E-state index in [4.69, 9.17) is 5.11 Å². The molecular weight excluding hydrogens is 152 g/mol. The van der Waals surface area contributed by atoms with Crippen LogP contribution in [-0.2, 0) is 0 Å². The van der Waals surface area contributed by atoms with Gasteiger partial charge in [-0.1, -0.05) is 12.8 Å². The van der Waals surface area contributed by atoms with E-state index in [1.807, 2.05) is 0 Å². The first-order valence-corrected chi connectivity index (χ1v) is 5.07. The van der Waals surface area contributed by atoms with Gasteiger partial charge in [0, 0.05) is 6.61 Å². The third kappa shape index (κ3) is 1.27. The predicted octanol–water partition coefficient (Wildman–Crippen LogP) is 1.31. The van der Waals surface area contributed by atoms with Crippen molar-refractivity contribution in [3.05, 3.63) is 0 Å². The Balaban J connectivity index is 1.85. The Hall–Kier alpha value is -0.0800. The molecule has 0 aromatic rings. The number of hydrogen-bond acceptors (Lipinski definition) is 2. The van der Waals surface area contributed by atoms with Gasteiger partial charge in [0.15, 0.2) is 0 Å². The van der Waals surface area contributed by atoms with E-state index in [0.29, 0.717) is 17.8 Å². The lowest BCUT2D eigenvalue weighted by Gasteiger charge is -2.12. The smallest absolute Gasteiger partial charge is 0.0595 e. The summed E-state index contributed by atoms with van der Waals surface area (Å²) in [5.74, 6) is 0.521. The van der Waals surface area contributed by atoms with Crippen molar-refractivity contribution >= 4 is 0 Å². The fraction of sp³-hybridized carbons (Fsp3) is 1.00. The molecule has 0 heterocycles. The van der Waals surface area contributed by atoms with Gasteiger partial charge in [0.05, 0.1) is 6.10 Å². The lowest BCUT2D eigenvalue weighted by molar-refractivity contribution is 0.0994. The van der Waals surface area contributed by atoms with Crippen molar-refractivity contribution in [2.75, 3.05) is 6.61 Å². The van der Waals surface area contributed by atoms with Crippen LogP contribution in [-0.4, -0.2) is 22.9 Å². The zero-order valence-electron chi connectivity index (χ0n) is 7.50. The highest BCUT2D eigenvalue weighted by molar-refractivity contribution is 5.07. The maximum atomic E-state index is 9.65. The Bertz CT molecular complexity index is 161. The number of rotatable bonds is 3. The molecule has 12 heavy (non-hydrogen) atoms. The molecule has 2 rings (SSSR count). The maximum absolute atomic E-state index is 9.65. The topological polar surface area (TPSA) is 40.5 Å². The second-order valence-corrected chi connectivity index (χ2v) is 4.46. The minimum Gasteiger partial charge on any atom is -0.396 e. The summed E-state index contributed by atoms with van der Waals surface area (Å²) in [6.45, 7) is 0.133. The summed E-state index contributed by atoms with van der Waals surface area (Å²) in [6.07, 6.45) is 6.90. The van der Waals surface area contributed by atoms with Crippen molar-refractivity contribution in [2.45, 2.75) is 44.6 Å². The van der Waals surface area contributed by atoms with Crippen LogP contribution >= 0.6 is 0 Å². The number of hydrogen-bond donors (Lipinski definition) is 2. The van der Waals surface area contributed by atoms with E-state index in [9.17, 15) is 5.11 Å². The normalized spacial score (nSPS) is 34.0. The van der Waals surface area contributed by atoms with Crippen LogP contribution in [0.5, 0.6) is 0 Å². The summed E-state index contributed by atoms with van der Waals surface area (Å²) in [6, 6.07) is 0. The fourth-order valence-corrected chi connectivity index (χ4v) is 2.91. The van der Waals surface area contributed by atoms with Crippen LogP contribution in [0.2, 0.25) is 0 Å². The first kappa shape index (κ1) is 8.52. The van der Waals surface area contributed by atoms with Gasteiger partial charge in [0.1, 0.15) is 0 Å². The molecule has 0 bridgehead atoms. The third-order valence-electron chi connectivity index (χ3n) is 3.74. The Morgan fingerprint density at radius 2 is 2.00 bits per heavy atom. The first-order chi connectivity index (χ1) is 5.78. The minimum absolute atomic E-state index is 0.133. The van der Waals surface area contributed by atoms with E-state index in [1.165, 1.54) is 32.1 Å². The van der Waals surface area contributed by atoms with Crippen molar-refractivity contribution < 1.29 is 10.2 Å². The summed E-state index contributed by atoms with van der Waals surface area (Å²) in [7, 11) is 0. The molecule has 2 saturated carbocycles. The van der Waals surface area contributed by atoms with Crippen LogP contribution in [0.3, 0.4) is 0 Å². The lowest BCUT2D eigenvalue weighted by Crippen LogP contribution is -2.15. The molecule has 0 amide bonds. The van der Waals surface area contributed by atoms with Gasteiger partial charge in [0.25, 0.3) is 0 Å². The van der Waals surface area contributed by atoms with Crippen LogP contribution in [0.1, 0.15) is 38.5 Å². The van der Waals surface area contributed by atoms with E-state index in [-0.39, 0.29) is 12.7 Å². The molecule has 70 valence electrons. The monoisotopic (exact) mass is 170 g/mol.